The Morgan fingerprint density at radius 3 is 2.36 bits per heavy atom. The van der Waals surface area contributed by atoms with Crippen molar-refractivity contribution in [2.45, 2.75) is 12.5 Å². The fraction of sp³-hybridized carbons (Fsp3) is 0.294. The maximum Gasteiger partial charge on any atom is 0.230 e. The van der Waals surface area contributed by atoms with E-state index in [2.05, 4.69) is 0 Å². The first-order valence-corrected chi connectivity index (χ1v) is 6.88. The summed E-state index contributed by atoms with van der Waals surface area (Å²) in [6, 6.07) is 3.68. The number of ketones is 2. The molecule has 0 radical (unpaired) electrons. The molecule has 0 spiro atoms. The Balaban J connectivity index is 2.29. The van der Waals surface area contributed by atoms with Gasteiger partial charge in [0.2, 0.25) is 5.78 Å². The number of benzene rings is 1. The van der Waals surface area contributed by atoms with Crippen molar-refractivity contribution >= 4 is 23.4 Å². The number of methoxy groups -OCH3 is 3. The van der Waals surface area contributed by atoms with Gasteiger partial charge in [-0.2, -0.15) is 0 Å². The maximum absolute atomic E-state index is 12.3. The van der Waals surface area contributed by atoms with Gasteiger partial charge < -0.3 is 14.2 Å². The number of hydrogen-bond donors (Lipinski definition) is 0. The van der Waals surface area contributed by atoms with Crippen LogP contribution in [0.2, 0.25) is 0 Å². The molecule has 0 aliphatic heterocycles. The summed E-state index contributed by atoms with van der Waals surface area (Å²) in [6.45, 7) is 0. The number of ether oxygens (including phenoxy) is 3. The quantitative estimate of drug-likeness (QED) is 0.855. The van der Waals surface area contributed by atoms with E-state index < -0.39 is 6.10 Å². The predicted octanol–water partition coefficient (Wildman–Crippen LogP) is 2.06. The highest BCUT2D eigenvalue weighted by Gasteiger charge is 2.34. The average Bonchev–Trinajstić information content (AvgIpc) is 2.52. The first-order valence-electron chi connectivity index (χ1n) is 6.88. The third-order valence-corrected chi connectivity index (χ3v) is 3.98. The molecule has 3 rings (SSSR count). The summed E-state index contributed by atoms with van der Waals surface area (Å²) < 4.78 is 15.9. The van der Waals surface area contributed by atoms with Crippen molar-refractivity contribution < 1.29 is 23.8 Å². The van der Waals surface area contributed by atoms with Crippen molar-refractivity contribution in [2.75, 3.05) is 21.3 Å². The number of allylic oxidation sites excluding steroid dienone is 1. The molecule has 1 unspecified atom stereocenters. The third-order valence-electron chi connectivity index (χ3n) is 3.98. The van der Waals surface area contributed by atoms with Crippen molar-refractivity contribution in [2.24, 2.45) is 0 Å². The number of rotatable bonds is 3. The highest BCUT2D eigenvalue weighted by Crippen LogP contribution is 2.39. The molecular formula is C17H16O5. The summed E-state index contributed by atoms with van der Waals surface area (Å²) in [5.41, 5.74) is 3.26. The minimum absolute atomic E-state index is 0.00424. The first kappa shape index (κ1) is 14.5. The molecular weight excluding hydrogens is 284 g/mol. The van der Waals surface area contributed by atoms with Gasteiger partial charge in [0.1, 0.15) is 11.9 Å². The third kappa shape index (κ3) is 2.05. The lowest BCUT2D eigenvalue weighted by atomic mass is 9.83. The zero-order chi connectivity index (χ0) is 15.9. The van der Waals surface area contributed by atoms with Crippen molar-refractivity contribution in [3.63, 3.8) is 0 Å². The molecule has 0 amide bonds. The standard InChI is InChI=1S/C17H16O5/c1-20-13-7-10(18)6-9-4-5-11-12(15(9)13)8-14(21-2)16(19)17(11)22-3/h4-5,7-8,17H,6H2,1-3H3. The molecule has 5 nitrogen and oxygen atoms in total. The lowest BCUT2D eigenvalue weighted by molar-refractivity contribution is -0.128. The van der Waals surface area contributed by atoms with Crippen LogP contribution in [-0.4, -0.2) is 32.9 Å². The van der Waals surface area contributed by atoms with Crippen LogP contribution in [0.25, 0.3) is 11.8 Å². The molecule has 22 heavy (non-hydrogen) atoms. The van der Waals surface area contributed by atoms with Gasteiger partial charge in [0.15, 0.2) is 11.5 Å². The van der Waals surface area contributed by atoms with Crippen LogP contribution in [0, 0.1) is 0 Å². The highest BCUT2D eigenvalue weighted by atomic mass is 16.5. The molecule has 0 heterocycles. The van der Waals surface area contributed by atoms with E-state index in [0.29, 0.717) is 12.2 Å². The lowest BCUT2D eigenvalue weighted by Gasteiger charge is -2.27. The van der Waals surface area contributed by atoms with Crippen LogP contribution in [0.3, 0.4) is 0 Å². The second-order valence-corrected chi connectivity index (χ2v) is 5.15. The van der Waals surface area contributed by atoms with Crippen LogP contribution in [-0.2, 0) is 30.2 Å². The Morgan fingerprint density at radius 1 is 1.00 bits per heavy atom. The first-order chi connectivity index (χ1) is 10.6. The number of Topliss-reactive ketones (excluding diaryl/α,β-unsaturated/α-hetero) is 1. The van der Waals surface area contributed by atoms with Gasteiger partial charge >= 0.3 is 0 Å². The Morgan fingerprint density at radius 2 is 1.73 bits per heavy atom. The fourth-order valence-electron chi connectivity index (χ4n) is 2.99. The smallest absolute Gasteiger partial charge is 0.230 e. The summed E-state index contributed by atoms with van der Waals surface area (Å²) in [4.78, 5) is 24.1. The van der Waals surface area contributed by atoms with Crippen LogP contribution in [0.15, 0.2) is 24.0 Å². The molecule has 5 heteroatoms. The highest BCUT2D eigenvalue weighted by molar-refractivity contribution is 6.07. The van der Waals surface area contributed by atoms with Gasteiger partial charge in [-0.05, 0) is 22.8 Å². The zero-order valence-electron chi connectivity index (χ0n) is 12.6. The van der Waals surface area contributed by atoms with E-state index in [4.69, 9.17) is 14.2 Å². The minimum atomic E-state index is -0.712. The van der Waals surface area contributed by atoms with E-state index in [1.165, 1.54) is 27.4 Å². The van der Waals surface area contributed by atoms with E-state index in [9.17, 15) is 9.59 Å². The summed E-state index contributed by atoms with van der Waals surface area (Å²) >= 11 is 0. The molecule has 0 saturated heterocycles. The molecule has 0 aromatic heterocycles. The van der Waals surface area contributed by atoms with E-state index in [1.807, 2.05) is 12.1 Å². The fourth-order valence-corrected chi connectivity index (χ4v) is 2.99. The molecule has 2 aliphatic carbocycles. The SMILES string of the molecule is COC1=Cc2c(ccc3c2C(OC)=CC(=O)C3)C(OC)C1=O. The average molecular weight is 300 g/mol. The van der Waals surface area contributed by atoms with Crippen LogP contribution in [0.1, 0.15) is 28.4 Å². The Kier molecular flexibility index (Phi) is 3.58. The number of carbonyl (C=O) groups is 2. The molecule has 1 aromatic carbocycles. The van der Waals surface area contributed by atoms with Gasteiger partial charge in [-0.25, -0.2) is 0 Å². The second kappa shape index (κ2) is 5.42. The van der Waals surface area contributed by atoms with E-state index >= 15 is 0 Å². The topological polar surface area (TPSA) is 61.8 Å². The van der Waals surface area contributed by atoms with Gasteiger partial charge in [-0.1, -0.05) is 12.1 Å². The van der Waals surface area contributed by atoms with Crippen molar-refractivity contribution in [3.8, 4) is 0 Å². The van der Waals surface area contributed by atoms with Gasteiger partial charge in [0.05, 0.1) is 14.2 Å². The molecule has 0 fully saturated rings. The molecule has 0 saturated carbocycles. The predicted molar refractivity (Wildman–Crippen MR) is 79.9 cm³/mol. The largest absolute Gasteiger partial charge is 0.496 e. The van der Waals surface area contributed by atoms with Crippen LogP contribution in [0.5, 0.6) is 0 Å². The van der Waals surface area contributed by atoms with E-state index in [0.717, 1.165) is 22.3 Å². The monoisotopic (exact) mass is 300 g/mol. The normalized spacial score (nSPS) is 19.9. The Hall–Kier alpha value is -2.40. The van der Waals surface area contributed by atoms with Gasteiger partial charge in [0.25, 0.3) is 0 Å². The van der Waals surface area contributed by atoms with Gasteiger partial charge in [-0.15, -0.1) is 0 Å². The van der Waals surface area contributed by atoms with Gasteiger partial charge in [-0.3, -0.25) is 9.59 Å². The second-order valence-electron chi connectivity index (χ2n) is 5.15. The Bertz CT molecular complexity index is 727. The van der Waals surface area contributed by atoms with Gasteiger partial charge in [0, 0.05) is 25.2 Å². The van der Waals surface area contributed by atoms with Crippen LogP contribution in [0.4, 0.5) is 0 Å². The molecule has 114 valence electrons. The Labute approximate surface area is 128 Å². The molecule has 0 N–H and O–H groups in total. The summed E-state index contributed by atoms with van der Waals surface area (Å²) in [5, 5.41) is 0. The van der Waals surface area contributed by atoms with Crippen LogP contribution >= 0.6 is 0 Å². The molecule has 0 bridgehead atoms. The lowest BCUT2D eigenvalue weighted by Crippen LogP contribution is -2.24. The molecule has 1 aromatic rings. The maximum atomic E-state index is 12.3. The van der Waals surface area contributed by atoms with E-state index in [1.54, 1.807) is 6.08 Å². The minimum Gasteiger partial charge on any atom is -0.496 e. The molecule has 2 aliphatic rings. The van der Waals surface area contributed by atoms with E-state index in [-0.39, 0.29) is 17.3 Å². The number of hydrogen-bond acceptors (Lipinski definition) is 5. The molecule has 1 atom stereocenters. The zero-order valence-corrected chi connectivity index (χ0v) is 12.6. The number of fused-ring (bicyclic) bond motifs is 3. The van der Waals surface area contributed by atoms with Crippen molar-refractivity contribution in [1.29, 1.82) is 0 Å². The number of carbonyl (C=O) groups excluding carboxylic acids is 2. The van der Waals surface area contributed by atoms with Crippen LogP contribution < -0.4 is 0 Å². The summed E-state index contributed by atoms with van der Waals surface area (Å²) in [7, 11) is 4.46. The summed E-state index contributed by atoms with van der Waals surface area (Å²) in [6.07, 6.45) is 2.78. The summed E-state index contributed by atoms with van der Waals surface area (Å²) in [5.74, 6) is 0.516. The van der Waals surface area contributed by atoms with Crippen molar-refractivity contribution in [1.82, 2.24) is 0 Å². The van der Waals surface area contributed by atoms with Crippen molar-refractivity contribution in [3.05, 3.63) is 46.2 Å².